The standard InChI is InChI=1S/C23H26N4O4/c1-26(2)8-9-27(23(29)24-13-16-6-4-3-5-7-16)14-18-10-17-11-20-21(31-15-30-20)12-19(17)25-22(18)28/h3-7,10-12H,8-9,13-15H2,1-2H3,(H,24,29)(H,25,28). The van der Waals surface area contributed by atoms with Gasteiger partial charge in [0.2, 0.25) is 6.79 Å². The van der Waals surface area contributed by atoms with Crippen molar-refractivity contribution in [2.24, 2.45) is 0 Å². The maximum absolute atomic E-state index is 12.9. The number of ether oxygens (including phenoxy) is 2. The maximum Gasteiger partial charge on any atom is 0.318 e. The quantitative estimate of drug-likeness (QED) is 0.611. The first-order valence-corrected chi connectivity index (χ1v) is 10.2. The van der Waals surface area contributed by atoms with E-state index < -0.39 is 0 Å². The number of nitrogens with one attached hydrogen (secondary N) is 2. The summed E-state index contributed by atoms with van der Waals surface area (Å²) < 4.78 is 10.8. The van der Waals surface area contributed by atoms with Crippen LogP contribution in [0.1, 0.15) is 11.1 Å². The fourth-order valence-corrected chi connectivity index (χ4v) is 3.42. The lowest BCUT2D eigenvalue weighted by molar-refractivity contribution is 0.174. The summed E-state index contributed by atoms with van der Waals surface area (Å²) in [5, 5.41) is 3.78. The monoisotopic (exact) mass is 422 g/mol. The van der Waals surface area contributed by atoms with Crippen LogP contribution in [0, 0.1) is 0 Å². The Hall–Kier alpha value is -3.52. The van der Waals surface area contributed by atoms with Crippen molar-refractivity contribution in [1.82, 2.24) is 20.1 Å². The third-order valence-electron chi connectivity index (χ3n) is 5.17. The number of fused-ring (bicyclic) bond motifs is 2. The lowest BCUT2D eigenvalue weighted by Gasteiger charge is -2.24. The number of amides is 2. The van der Waals surface area contributed by atoms with Gasteiger partial charge in [0.1, 0.15) is 0 Å². The van der Waals surface area contributed by atoms with Gasteiger partial charge in [0.05, 0.1) is 12.1 Å². The molecule has 3 aromatic rings. The second-order valence-corrected chi connectivity index (χ2v) is 7.79. The average molecular weight is 422 g/mol. The van der Waals surface area contributed by atoms with E-state index in [-0.39, 0.29) is 24.9 Å². The summed E-state index contributed by atoms with van der Waals surface area (Å²) in [6.45, 7) is 1.97. The summed E-state index contributed by atoms with van der Waals surface area (Å²) in [6.07, 6.45) is 0. The van der Waals surface area contributed by atoms with Crippen LogP contribution in [0.3, 0.4) is 0 Å². The predicted molar refractivity (Wildman–Crippen MR) is 118 cm³/mol. The number of aromatic nitrogens is 1. The topological polar surface area (TPSA) is 86.9 Å². The van der Waals surface area contributed by atoms with E-state index in [2.05, 4.69) is 10.3 Å². The molecule has 0 bridgehead atoms. The summed E-state index contributed by atoms with van der Waals surface area (Å²) in [6, 6.07) is 14.9. The summed E-state index contributed by atoms with van der Waals surface area (Å²) in [5.41, 5.74) is 1.98. The SMILES string of the molecule is CN(C)CCN(Cc1cc2cc3c(cc2[nH]c1=O)OCO3)C(=O)NCc1ccccc1. The molecule has 1 aliphatic rings. The van der Waals surface area contributed by atoms with Crippen LogP contribution < -0.4 is 20.3 Å². The second-order valence-electron chi connectivity index (χ2n) is 7.79. The van der Waals surface area contributed by atoms with E-state index in [0.717, 1.165) is 10.9 Å². The van der Waals surface area contributed by atoms with E-state index in [0.29, 0.717) is 42.2 Å². The number of carbonyl (C=O) groups is 1. The van der Waals surface area contributed by atoms with Crippen LogP contribution in [0.5, 0.6) is 11.5 Å². The molecule has 162 valence electrons. The number of hydrogen-bond donors (Lipinski definition) is 2. The number of carbonyl (C=O) groups excluding carboxylic acids is 1. The van der Waals surface area contributed by atoms with Crippen molar-refractivity contribution in [2.45, 2.75) is 13.1 Å². The second kappa shape index (κ2) is 9.09. The molecule has 0 fully saturated rings. The summed E-state index contributed by atoms with van der Waals surface area (Å²) in [4.78, 5) is 32.2. The van der Waals surface area contributed by atoms with Gasteiger partial charge in [-0.15, -0.1) is 0 Å². The molecule has 0 radical (unpaired) electrons. The zero-order chi connectivity index (χ0) is 21.8. The Labute approximate surface area is 180 Å². The van der Waals surface area contributed by atoms with Gasteiger partial charge in [0.25, 0.3) is 5.56 Å². The molecule has 0 unspecified atom stereocenters. The van der Waals surface area contributed by atoms with Crippen LogP contribution in [0.2, 0.25) is 0 Å². The van der Waals surface area contributed by atoms with Crippen LogP contribution in [0.15, 0.2) is 53.3 Å². The molecule has 1 aliphatic heterocycles. The molecule has 8 heteroatoms. The molecule has 4 rings (SSSR count). The molecule has 0 spiro atoms. The Balaban J connectivity index is 1.54. The predicted octanol–water partition coefficient (Wildman–Crippen LogP) is 2.53. The number of nitrogens with zero attached hydrogens (tertiary/aromatic N) is 2. The zero-order valence-electron chi connectivity index (χ0n) is 17.7. The van der Waals surface area contributed by atoms with Gasteiger partial charge in [-0.1, -0.05) is 30.3 Å². The highest BCUT2D eigenvalue weighted by molar-refractivity contribution is 5.83. The third-order valence-corrected chi connectivity index (χ3v) is 5.17. The molecule has 2 heterocycles. The molecule has 0 atom stereocenters. The lowest BCUT2D eigenvalue weighted by Crippen LogP contribution is -2.43. The van der Waals surface area contributed by atoms with Crippen LogP contribution in [0.25, 0.3) is 10.9 Å². The Kier molecular flexibility index (Phi) is 6.08. The van der Waals surface area contributed by atoms with Crippen molar-refractivity contribution in [1.29, 1.82) is 0 Å². The smallest absolute Gasteiger partial charge is 0.318 e. The molecule has 1 aromatic heterocycles. The number of pyridine rings is 1. The number of rotatable bonds is 7. The molecule has 0 saturated carbocycles. The van der Waals surface area contributed by atoms with Crippen molar-refractivity contribution in [3.05, 3.63) is 70.0 Å². The van der Waals surface area contributed by atoms with E-state index in [4.69, 9.17) is 9.47 Å². The van der Waals surface area contributed by atoms with E-state index in [9.17, 15) is 9.59 Å². The molecule has 31 heavy (non-hydrogen) atoms. The Morgan fingerprint density at radius 1 is 1.06 bits per heavy atom. The average Bonchev–Trinajstić information content (AvgIpc) is 3.21. The third kappa shape index (κ3) is 4.97. The zero-order valence-corrected chi connectivity index (χ0v) is 17.7. The van der Waals surface area contributed by atoms with Crippen molar-refractivity contribution in [2.75, 3.05) is 34.0 Å². The van der Waals surface area contributed by atoms with Gasteiger partial charge >= 0.3 is 6.03 Å². The van der Waals surface area contributed by atoms with Gasteiger partial charge in [-0.2, -0.15) is 0 Å². The Bertz CT molecular complexity index is 1130. The number of benzene rings is 2. The van der Waals surface area contributed by atoms with Gasteiger partial charge in [0.15, 0.2) is 11.5 Å². The normalized spacial score (nSPS) is 12.4. The summed E-state index contributed by atoms with van der Waals surface area (Å²) >= 11 is 0. The van der Waals surface area contributed by atoms with Crippen LogP contribution >= 0.6 is 0 Å². The van der Waals surface area contributed by atoms with E-state index in [1.807, 2.05) is 61.5 Å². The highest BCUT2D eigenvalue weighted by Gasteiger charge is 2.18. The van der Waals surface area contributed by atoms with Crippen molar-refractivity contribution in [3.63, 3.8) is 0 Å². The molecule has 2 amide bonds. The highest BCUT2D eigenvalue weighted by Crippen LogP contribution is 2.35. The highest BCUT2D eigenvalue weighted by atomic mass is 16.7. The first kappa shape index (κ1) is 20.7. The largest absolute Gasteiger partial charge is 0.454 e. The fourth-order valence-electron chi connectivity index (χ4n) is 3.42. The maximum atomic E-state index is 12.9. The first-order chi connectivity index (χ1) is 15.0. The van der Waals surface area contributed by atoms with Gasteiger partial charge in [-0.05, 0) is 31.8 Å². The molecule has 2 N–H and O–H groups in total. The molecule has 0 aliphatic carbocycles. The van der Waals surface area contributed by atoms with Gasteiger partial charge in [-0.3, -0.25) is 4.79 Å². The van der Waals surface area contributed by atoms with E-state index in [1.165, 1.54) is 0 Å². The number of urea groups is 1. The minimum atomic E-state index is -0.225. The lowest BCUT2D eigenvalue weighted by atomic mass is 10.1. The number of H-pyrrole nitrogens is 1. The van der Waals surface area contributed by atoms with Gasteiger partial charge in [0, 0.05) is 36.7 Å². The van der Waals surface area contributed by atoms with Crippen LogP contribution in [0.4, 0.5) is 4.79 Å². The molecular weight excluding hydrogens is 396 g/mol. The minimum absolute atomic E-state index is 0.169. The Morgan fingerprint density at radius 2 is 1.81 bits per heavy atom. The number of hydrogen-bond acceptors (Lipinski definition) is 5. The molecule has 8 nitrogen and oxygen atoms in total. The minimum Gasteiger partial charge on any atom is -0.454 e. The van der Waals surface area contributed by atoms with Crippen LogP contribution in [-0.2, 0) is 13.1 Å². The summed E-state index contributed by atoms with van der Waals surface area (Å²) in [5.74, 6) is 1.26. The van der Waals surface area contributed by atoms with Crippen LogP contribution in [-0.4, -0.2) is 54.8 Å². The molecule has 0 saturated heterocycles. The van der Waals surface area contributed by atoms with Gasteiger partial charge < -0.3 is 29.6 Å². The number of likely N-dealkylation sites (N-methyl/N-ethyl adjacent to an activating group) is 1. The first-order valence-electron chi connectivity index (χ1n) is 10.2. The fraction of sp³-hybridized carbons (Fsp3) is 0.304. The van der Waals surface area contributed by atoms with Crippen molar-refractivity contribution >= 4 is 16.9 Å². The summed E-state index contributed by atoms with van der Waals surface area (Å²) in [7, 11) is 3.90. The van der Waals surface area contributed by atoms with Crippen molar-refractivity contribution < 1.29 is 14.3 Å². The van der Waals surface area contributed by atoms with E-state index in [1.54, 1.807) is 11.0 Å². The van der Waals surface area contributed by atoms with E-state index >= 15 is 0 Å². The van der Waals surface area contributed by atoms with Crippen molar-refractivity contribution in [3.8, 4) is 11.5 Å². The van der Waals surface area contributed by atoms with Gasteiger partial charge in [-0.25, -0.2) is 4.79 Å². The molecular formula is C23H26N4O4. The Morgan fingerprint density at radius 3 is 2.55 bits per heavy atom. The molecule has 2 aromatic carbocycles. The number of aromatic amines is 1.